The van der Waals surface area contributed by atoms with E-state index >= 15 is 0 Å². The summed E-state index contributed by atoms with van der Waals surface area (Å²) in [5, 5.41) is 7.10. The Kier molecular flexibility index (Phi) is 3.85. The van der Waals surface area contributed by atoms with E-state index in [1.54, 1.807) is 0 Å². The third-order valence-corrected chi connectivity index (χ3v) is 5.17. The number of alkyl halides is 1. The smallest absolute Gasteiger partial charge is 0.265 e. The van der Waals surface area contributed by atoms with Crippen molar-refractivity contribution < 1.29 is 4.79 Å². The van der Waals surface area contributed by atoms with Gasteiger partial charge in [-0.3, -0.25) is 4.79 Å². The molecule has 4 nitrogen and oxygen atoms in total. The van der Waals surface area contributed by atoms with Gasteiger partial charge in [-0.05, 0) is 35.5 Å². The van der Waals surface area contributed by atoms with Crippen molar-refractivity contribution in [2.75, 3.05) is 0 Å². The van der Waals surface area contributed by atoms with E-state index in [9.17, 15) is 4.79 Å². The maximum absolute atomic E-state index is 12.4. The van der Waals surface area contributed by atoms with Crippen molar-refractivity contribution in [3.63, 3.8) is 0 Å². The van der Waals surface area contributed by atoms with Gasteiger partial charge in [0.25, 0.3) is 5.91 Å². The van der Waals surface area contributed by atoms with Crippen LogP contribution in [0.25, 0.3) is 0 Å². The zero-order valence-corrected chi connectivity index (χ0v) is 13.4. The molecule has 3 rings (SSSR count). The third kappa shape index (κ3) is 2.38. The minimum absolute atomic E-state index is 0.00510. The second-order valence-electron chi connectivity index (χ2n) is 4.77. The van der Waals surface area contributed by atoms with Crippen LogP contribution in [0.2, 0.25) is 0 Å². The summed E-state index contributed by atoms with van der Waals surface area (Å²) in [6, 6.07) is 8.24. The van der Waals surface area contributed by atoms with Gasteiger partial charge >= 0.3 is 0 Å². The number of aryl methyl sites for hydroxylation is 1. The first-order valence-corrected chi connectivity index (χ1v) is 8.23. The molecule has 1 amide bonds. The van der Waals surface area contributed by atoms with E-state index in [4.69, 9.17) is 0 Å². The van der Waals surface area contributed by atoms with Gasteiger partial charge in [0.2, 0.25) is 0 Å². The first kappa shape index (κ1) is 13.7. The van der Waals surface area contributed by atoms with Crippen LogP contribution in [0.3, 0.4) is 0 Å². The molecular weight excluding hydrogens is 338 g/mol. The van der Waals surface area contributed by atoms with Crippen LogP contribution in [-0.2, 0) is 12.8 Å². The lowest BCUT2D eigenvalue weighted by molar-refractivity contribution is 0.0941. The highest BCUT2D eigenvalue weighted by molar-refractivity contribution is 9.09. The van der Waals surface area contributed by atoms with Crippen LogP contribution < -0.4 is 5.32 Å². The van der Waals surface area contributed by atoms with Crippen molar-refractivity contribution in [2.24, 2.45) is 0 Å². The Hall–Kier alpha value is -1.27. The van der Waals surface area contributed by atoms with Gasteiger partial charge in [0, 0.05) is 4.83 Å². The molecule has 0 fully saturated rings. The fourth-order valence-electron chi connectivity index (χ4n) is 2.53. The van der Waals surface area contributed by atoms with E-state index in [-0.39, 0.29) is 16.8 Å². The number of nitrogens with zero attached hydrogens (tertiary/aromatic N) is 2. The summed E-state index contributed by atoms with van der Waals surface area (Å²) in [6.45, 7) is 1.98. The lowest BCUT2D eigenvalue weighted by Gasteiger charge is -2.17. The molecule has 2 atom stereocenters. The molecule has 1 aliphatic rings. The molecular formula is C14H14BrN3OS. The standard InChI is InChI=1S/C14H14BrN3OS/c1-2-11-13(20-18-17-11)14(19)16-12-9-6-4-3-5-8(9)7-10(12)15/h3-6,10,12H,2,7H2,1H3,(H,16,19). The highest BCUT2D eigenvalue weighted by Gasteiger charge is 2.32. The zero-order valence-electron chi connectivity index (χ0n) is 11.0. The molecule has 1 heterocycles. The normalized spacial score (nSPS) is 20.7. The van der Waals surface area contributed by atoms with E-state index in [1.165, 1.54) is 11.1 Å². The van der Waals surface area contributed by atoms with Gasteiger partial charge in [-0.15, -0.1) is 5.10 Å². The minimum atomic E-state index is -0.0806. The highest BCUT2D eigenvalue weighted by atomic mass is 79.9. The van der Waals surface area contributed by atoms with Crippen LogP contribution >= 0.6 is 27.5 Å². The van der Waals surface area contributed by atoms with Crippen molar-refractivity contribution in [1.29, 1.82) is 0 Å². The molecule has 1 N–H and O–H groups in total. The summed E-state index contributed by atoms with van der Waals surface area (Å²) in [4.78, 5) is 13.2. The van der Waals surface area contributed by atoms with Gasteiger partial charge in [0.1, 0.15) is 4.88 Å². The lowest BCUT2D eigenvalue weighted by Crippen LogP contribution is -2.31. The number of carbonyl (C=O) groups excluding carboxylic acids is 1. The fraction of sp³-hybridized carbons (Fsp3) is 0.357. The number of rotatable bonds is 3. The monoisotopic (exact) mass is 351 g/mol. The van der Waals surface area contributed by atoms with Crippen molar-refractivity contribution in [3.8, 4) is 0 Å². The Morgan fingerprint density at radius 1 is 1.50 bits per heavy atom. The van der Waals surface area contributed by atoms with Crippen molar-refractivity contribution in [2.45, 2.75) is 30.6 Å². The van der Waals surface area contributed by atoms with Crippen LogP contribution in [0.4, 0.5) is 0 Å². The van der Waals surface area contributed by atoms with Crippen LogP contribution in [0.1, 0.15) is 39.5 Å². The largest absolute Gasteiger partial charge is 0.343 e. The average Bonchev–Trinajstić information content (AvgIpc) is 3.04. The van der Waals surface area contributed by atoms with Crippen molar-refractivity contribution in [1.82, 2.24) is 14.9 Å². The summed E-state index contributed by atoms with van der Waals surface area (Å²) >= 11 is 4.83. The lowest BCUT2D eigenvalue weighted by atomic mass is 10.1. The van der Waals surface area contributed by atoms with Crippen LogP contribution in [-0.4, -0.2) is 20.3 Å². The average molecular weight is 352 g/mol. The molecule has 20 heavy (non-hydrogen) atoms. The second kappa shape index (κ2) is 5.61. The molecule has 6 heteroatoms. The number of carbonyl (C=O) groups is 1. The Morgan fingerprint density at radius 3 is 3.10 bits per heavy atom. The Labute approximate surface area is 129 Å². The van der Waals surface area contributed by atoms with E-state index < -0.39 is 0 Å². The van der Waals surface area contributed by atoms with Crippen molar-refractivity contribution in [3.05, 3.63) is 46.0 Å². The number of aromatic nitrogens is 2. The van der Waals surface area contributed by atoms with Gasteiger partial charge in [0.15, 0.2) is 0 Å². The van der Waals surface area contributed by atoms with Gasteiger partial charge in [-0.1, -0.05) is 51.6 Å². The van der Waals surface area contributed by atoms with Gasteiger partial charge in [0.05, 0.1) is 11.7 Å². The van der Waals surface area contributed by atoms with Gasteiger partial charge in [-0.25, -0.2) is 0 Å². The maximum Gasteiger partial charge on any atom is 0.265 e. The van der Waals surface area contributed by atoms with Gasteiger partial charge < -0.3 is 5.32 Å². The molecule has 1 aromatic carbocycles. The molecule has 0 spiro atoms. The molecule has 0 bridgehead atoms. The second-order valence-corrected chi connectivity index (χ2v) is 6.70. The first-order valence-electron chi connectivity index (χ1n) is 6.54. The molecule has 1 aromatic heterocycles. The zero-order chi connectivity index (χ0) is 14.1. The van der Waals surface area contributed by atoms with Crippen LogP contribution in [0.5, 0.6) is 0 Å². The third-order valence-electron chi connectivity index (χ3n) is 3.55. The Bertz CT molecular complexity index is 643. The quantitative estimate of drug-likeness (QED) is 0.865. The van der Waals surface area contributed by atoms with E-state index in [1.807, 2.05) is 19.1 Å². The van der Waals surface area contributed by atoms with Crippen LogP contribution in [0, 0.1) is 0 Å². The number of hydrogen-bond acceptors (Lipinski definition) is 4. The summed E-state index contributed by atoms with van der Waals surface area (Å²) < 4.78 is 3.87. The Morgan fingerprint density at radius 2 is 2.30 bits per heavy atom. The topological polar surface area (TPSA) is 54.9 Å². The number of amides is 1. The molecule has 0 aliphatic heterocycles. The SMILES string of the molecule is CCc1nnsc1C(=O)NC1c2ccccc2CC1Br. The number of benzene rings is 1. The van der Waals surface area contributed by atoms with E-state index in [0.29, 0.717) is 4.88 Å². The molecule has 0 saturated carbocycles. The highest BCUT2D eigenvalue weighted by Crippen LogP contribution is 2.36. The maximum atomic E-state index is 12.4. The van der Waals surface area contributed by atoms with Gasteiger partial charge in [-0.2, -0.15) is 0 Å². The van der Waals surface area contributed by atoms with Crippen LogP contribution in [0.15, 0.2) is 24.3 Å². The Balaban J connectivity index is 1.83. The predicted molar refractivity (Wildman–Crippen MR) is 82.4 cm³/mol. The summed E-state index contributed by atoms with van der Waals surface area (Å²) in [6.07, 6.45) is 1.65. The summed E-state index contributed by atoms with van der Waals surface area (Å²) in [5.74, 6) is -0.0806. The molecule has 0 saturated heterocycles. The fourth-order valence-corrected chi connectivity index (χ4v) is 3.95. The minimum Gasteiger partial charge on any atom is -0.343 e. The molecule has 1 aliphatic carbocycles. The number of fused-ring (bicyclic) bond motifs is 1. The molecule has 2 unspecified atom stereocenters. The molecule has 2 aromatic rings. The number of hydrogen-bond donors (Lipinski definition) is 1. The van der Waals surface area contributed by atoms with E-state index in [2.05, 4.69) is 43.0 Å². The predicted octanol–water partition coefficient (Wildman–Crippen LogP) is 2.89. The number of nitrogens with one attached hydrogen (secondary N) is 1. The summed E-state index contributed by atoms with van der Waals surface area (Å²) in [5.41, 5.74) is 3.25. The first-order chi connectivity index (χ1) is 9.70. The molecule has 0 radical (unpaired) electrons. The van der Waals surface area contributed by atoms with E-state index in [0.717, 1.165) is 30.1 Å². The number of halogens is 1. The van der Waals surface area contributed by atoms with Crippen molar-refractivity contribution >= 4 is 33.4 Å². The molecule has 104 valence electrons. The summed E-state index contributed by atoms with van der Waals surface area (Å²) in [7, 11) is 0.